The number of esters is 1. The third-order valence-corrected chi connectivity index (χ3v) is 2.35. The number of nitrogens with one attached hydrogen (secondary N) is 1. The fourth-order valence-corrected chi connectivity index (χ4v) is 1.31. The summed E-state index contributed by atoms with van der Waals surface area (Å²) in [5, 5.41) is 3.04. The van der Waals surface area contributed by atoms with E-state index in [1.807, 2.05) is 6.92 Å². The van der Waals surface area contributed by atoms with Crippen LogP contribution >= 0.6 is 0 Å². The van der Waals surface area contributed by atoms with Crippen molar-refractivity contribution < 1.29 is 14.3 Å². The molecule has 1 aromatic rings. The molecule has 0 aliphatic rings. The molecule has 1 rings (SSSR count). The van der Waals surface area contributed by atoms with Gasteiger partial charge in [0.25, 0.3) is 0 Å². The maximum absolute atomic E-state index is 11.5. The SMILES string of the molecule is CCOc1cncc(NCC(C)(C)C(=O)OC)n1. The van der Waals surface area contributed by atoms with E-state index in [0.717, 1.165) is 0 Å². The summed E-state index contributed by atoms with van der Waals surface area (Å²) in [6, 6.07) is 0. The van der Waals surface area contributed by atoms with Crippen LogP contribution in [0.4, 0.5) is 5.82 Å². The number of anilines is 1. The summed E-state index contributed by atoms with van der Waals surface area (Å²) in [6.07, 6.45) is 3.12. The van der Waals surface area contributed by atoms with E-state index >= 15 is 0 Å². The number of nitrogens with zero attached hydrogens (tertiary/aromatic N) is 2. The highest BCUT2D eigenvalue weighted by Crippen LogP contribution is 2.18. The highest BCUT2D eigenvalue weighted by Gasteiger charge is 2.28. The van der Waals surface area contributed by atoms with E-state index in [-0.39, 0.29) is 5.97 Å². The Kier molecular flexibility index (Phi) is 4.88. The Balaban J connectivity index is 2.63. The van der Waals surface area contributed by atoms with Crippen LogP contribution < -0.4 is 10.1 Å². The second-order valence-corrected chi connectivity index (χ2v) is 4.40. The van der Waals surface area contributed by atoms with E-state index < -0.39 is 5.41 Å². The van der Waals surface area contributed by atoms with Gasteiger partial charge in [0.2, 0.25) is 5.88 Å². The van der Waals surface area contributed by atoms with E-state index in [4.69, 9.17) is 9.47 Å². The molecule has 0 spiro atoms. The average molecular weight is 253 g/mol. The summed E-state index contributed by atoms with van der Waals surface area (Å²) in [5.74, 6) is 0.750. The van der Waals surface area contributed by atoms with Crippen LogP contribution in [0.1, 0.15) is 20.8 Å². The highest BCUT2D eigenvalue weighted by atomic mass is 16.5. The molecule has 6 nitrogen and oxygen atoms in total. The van der Waals surface area contributed by atoms with Gasteiger partial charge in [-0.05, 0) is 20.8 Å². The highest BCUT2D eigenvalue weighted by molar-refractivity contribution is 5.76. The molecule has 6 heteroatoms. The first-order valence-electron chi connectivity index (χ1n) is 5.76. The van der Waals surface area contributed by atoms with Gasteiger partial charge < -0.3 is 14.8 Å². The Morgan fingerprint density at radius 3 is 2.78 bits per heavy atom. The summed E-state index contributed by atoms with van der Waals surface area (Å²) < 4.78 is 9.97. The molecule has 0 aliphatic heterocycles. The number of hydrogen-bond donors (Lipinski definition) is 1. The molecule has 0 unspecified atom stereocenters. The zero-order valence-electron chi connectivity index (χ0n) is 11.2. The molecule has 0 saturated heterocycles. The van der Waals surface area contributed by atoms with Crippen LogP contribution in [0.3, 0.4) is 0 Å². The lowest BCUT2D eigenvalue weighted by molar-refractivity contribution is -0.149. The minimum Gasteiger partial charge on any atom is -0.477 e. The predicted octanol–water partition coefficient (Wildman–Crippen LogP) is 1.49. The lowest BCUT2D eigenvalue weighted by Gasteiger charge is -2.21. The lowest BCUT2D eigenvalue weighted by Crippen LogP contribution is -2.33. The van der Waals surface area contributed by atoms with Crippen molar-refractivity contribution in [1.29, 1.82) is 0 Å². The van der Waals surface area contributed by atoms with Crippen LogP contribution in [0.2, 0.25) is 0 Å². The normalized spacial score (nSPS) is 10.9. The van der Waals surface area contributed by atoms with Gasteiger partial charge in [-0.1, -0.05) is 0 Å². The van der Waals surface area contributed by atoms with E-state index in [1.165, 1.54) is 7.11 Å². The van der Waals surface area contributed by atoms with Gasteiger partial charge in [-0.15, -0.1) is 0 Å². The minimum absolute atomic E-state index is 0.274. The van der Waals surface area contributed by atoms with Crippen molar-refractivity contribution in [2.75, 3.05) is 25.6 Å². The molecule has 0 fully saturated rings. The smallest absolute Gasteiger partial charge is 0.313 e. The molecular formula is C12H19N3O3. The minimum atomic E-state index is -0.627. The molecule has 0 radical (unpaired) electrons. The van der Waals surface area contributed by atoms with Gasteiger partial charge in [0.15, 0.2) is 0 Å². The largest absolute Gasteiger partial charge is 0.477 e. The standard InChI is InChI=1S/C12H19N3O3/c1-5-18-10-7-13-6-9(15-10)14-8-12(2,3)11(16)17-4/h6-7H,5,8H2,1-4H3,(H,14,15). The Bertz CT molecular complexity index is 407. The van der Waals surface area contributed by atoms with E-state index in [0.29, 0.717) is 24.8 Å². The third-order valence-electron chi connectivity index (χ3n) is 2.35. The molecule has 1 heterocycles. The van der Waals surface area contributed by atoms with Gasteiger partial charge >= 0.3 is 5.97 Å². The van der Waals surface area contributed by atoms with Crippen LogP contribution in [0.25, 0.3) is 0 Å². The first-order chi connectivity index (χ1) is 8.49. The second-order valence-electron chi connectivity index (χ2n) is 4.40. The number of carbonyl (C=O) groups excluding carboxylic acids is 1. The van der Waals surface area contributed by atoms with Crippen molar-refractivity contribution in [3.8, 4) is 5.88 Å². The summed E-state index contributed by atoms with van der Waals surface area (Å²) in [4.78, 5) is 19.7. The molecule has 0 bridgehead atoms. The molecule has 100 valence electrons. The summed E-state index contributed by atoms with van der Waals surface area (Å²) in [7, 11) is 1.37. The van der Waals surface area contributed by atoms with E-state index in [9.17, 15) is 4.79 Å². The lowest BCUT2D eigenvalue weighted by atomic mass is 9.94. The zero-order chi connectivity index (χ0) is 13.6. The topological polar surface area (TPSA) is 73.3 Å². The van der Waals surface area contributed by atoms with Crippen molar-refractivity contribution >= 4 is 11.8 Å². The molecule has 0 saturated carbocycles. The number of methoxy groups -OCH3 is 1. The number of carbonyl (C=O) groups is 1. The summed E-state index contributed by atoms with van der Waals surface area (Å²) >= 11 is 0. The van der Waals surface area contributed by atoms with Gasteiger partial charge in [-0.3, -0.25) is 9.78 Å². The van der Waals surface area contributed by atoms with Gasteiger partial charge in [-0.25, -0.2) is 0 Å². The third kappa shape index (κ3) is 3.87. The van der Waals surface area contributed by atoms with Crippen LogP contribution in [0, 0.1) is 5.41 Å². The second kappa shape index (κ2) is 6.18. The van der Waals surface area contributed by atoms with Crippen molar-refractivity contribution in [2.24, 2.45) is 5.41 Å². The van der Waals surface area contributed by atoms with Crippen LogP contribution in [0.5, 0.6) is 5.88 Å². The van der Waals surface area contributed by atoms with Gasteiger partial charge in [-0.2, -0.15) is 4.98 Å². The van der Waals surface area contributed by atoms with Gasteiger partial charge in [0.05, 0.1) is 31.5 Å². The Hall–Kier alpha value is -1.85. The van der Waals surface area contributed by atoms with Gasteiger partial charge in [0.1, 0.15) is 5.82 Å². The van der Waals surface area contributed by atoms with E-state index in [1.54, 1.807) is 26.2 Å². The quantitative estimate of drug-likeness (QED) is 0.774. The first kappa shape index (κ1) is 14.2. The maximum Gasteiger partial charge on any atom is 0.313 e. The Morgan fingerprint density at radius 1 is 1.44 bits per heavy atom. The van der Waals surface area contributed by atoms with Crippen LogP contribution in [-0.2, 0) is 9.53 Å². The molecule has 0 aromatic carbocycles. The fourth-order valence-electron chi connectivity index (χ4n) is 1.31. The maximum atomic E-state index is 11.5. The van der Waals surface area contributed by atoms with Gasteiger partial charge in [0, 0.05) is 6.54 Å². The summed E-state index contributed by atoms with van der Waals surface area (Å²) in [5.41, 5.74) is -0.627. The molecule has 1 aromatic heterocycles. The molecule has 18 heavy (non-hydrogen) atoms. The number of ether oxygens (including phenoxy) is 2. The Morgan fingerprint density at radius 2 is 2.17 bits per heavy atom. The molecule has 1 N–H and O–H groups in total. The molecule has 0 atom stereocenters. The monoisotopic (exact) mass is 253 g/mol. The number of aromatic nitrogens is 2. The Labute approximate surface area is 107 Å². The molecule has 0 amide bonds. The van der Waals surface area contributed by atoms with Crippen molar-refractivity contribution in [2.45, 2.75) is 20.8 Å². The van der Waals surface area contributed by atoms with Crippen molar-refractivity contribution in [3.63, 3.8) is 0 Å². The van der Waals surface area contributed by atoms with Crippen LogP contribution in [0.15, 0.2) is 12.4 Å². The van der Waals surface area contributed by atoms with E-state index in [2.05, 4.69) is 15.3 Å². The molecular weight excluding hydrogens is 234 g/mol. The van der Waals surface area contributed by atoms with Crippen LogP contribution in [-0.4, -0.2) is 36.2 Å². The predicted molar refractivity (Wildman–Crippen MR) is 67.5 cm³/mol. The average Bonchev–Trinajstić information content (AvgIpc) is 2.36. The number of hydrogen-bond acceptors (Lipinski definition) is 6. The summed E-state index contributed by atoms with van der Waals surface area (Å²) in [6.45, 7) is 6.41. The number of rotatable bonds is 6. The fraction of sp³-hybridized carbons (Fsp3) is 0.583. The molecule has 0 aliphatic carbocycles. The van der Waals surface area contributed by atoms with Crippen molar-refractivity contribution in [3.05, 3.63) is 12.4 Å². The van der Waals surface area contributed by atoms with Crippen molar-refractivity contribution in [1.82, 2.24) is 9.97 Å². The zero-order valence-corrected chi connectivity index (χ0v) is 11.2. The first-order valence-corrected chi connectivity index (χ1v) is 5.76.